The average Bonchev–Trinajstić information content (AvgIpc) is 3.03. The summed E-state index contributed by atoms with van der Waals surface area (Å²) in [5, 5.41) is 21.5. The fourth-order valence-corrected chi connectivity index (χ4v) is 2.07. The van der Waals surface area contributed by atoms with Crippen molar-refractivity contribution >= 4 is 5.91 Å². The van der Waals surface area contributed by atoms with E-state index in [1.807, 2.05) is 30.3 Å². The van der Waals surface area contributed by atoms with Gasteiger partial charge in [-0.2, -0.15) is 0 Å². The molecule has 5 nitrogen and oxygen atoms in total. The third-order valence-electron chi connectivity index (χ3n) is 3.62. The second kappa shape index (κ2) is 6.56. The number of aliphatic hydroxyl groups excluding tert-OH is 2. The lowest BCUT2D eigenvalue weighted by atomic mass is 9.97. The van der Waals surface area contributed by atoms with Gasteiger partial charge in [-0.25, -0.2) is 0 Å². The second-order valence-electron chi connectivity index (χ2n) is 4.93. The molecule has 5 heteroatoms. The summed E-state index contributed by atoms with van der Waals surface area (Å²) in [5.41, 5.74) is 0.498. The van der Waals surface area contributed by atoms with E-state index in [2.05, 4.69) is 5.32 Å². The number of amides is 1. The Morgan fingerprint density at radius 3 is 2.43 bits per heavy atom. The van der Waals surface area contributed by atoms with Crippen LogP contribution in [0.5, 0.6) is 0 Å². The first kappa shape index (κ1) is 15.3. The van der Waals surface area contributed by atoms with E-state index in [0.717, 1.165) is 5.56 Å². The number of hydrogen-bond donors (Lipinski definition) is 3. The third kappa shape index (κ3) is 3.15. The highest BCUT2D eigenvalue weighted by molar-refractivity contribution is 5.98. The van der Waals surface area contributed by atoms with Gasteiger partial charge in [-0.05, 0) is 18.1 Å². The van der Waals surface area contributed by atoms with Gasteiger partial charge in [-0.15, -0.1) is 0 Å². The molecule has 1 heterocycles. The maximum atomic E-state index is 12.4. The molecule has 0 aliphatic heterocycles. The fraction of sp³-hybridized carbons (Fsp3) is 0.312. The zero-order chi connectivity index (χ0) is 15.3. The van der Waals surface area contributed by atoms with E-state index in [9.17, 15) is 15.0 Å². The molecule has 0 radical (unpaired) electrons. The quantitative estimate of drug-likeness (QED) is 0.757. The molecule has 0 unspecified atom stereocenters. The van der Waals surface area contributed by atoms with Crippen LogP contribution in [-0.2, 0) is 0 Å². The summed E-state index contributed by atoms with van der Waals surface area (Å²) < 4.78 is 5.28. The first-order valence-corrected chi connectivity index (χ1v) is 6.83. The lowest BCUT2D eigenvalue weighted by molar-refractivity contribution is 0.0633. The van der Waals surface area contributed by atoms with Gasteiger partial charge in [-0.3, -0.25) is 4.79 Å². The molecule has 21 heavy (non-hydrogen) atoms. The number of carbonyl (C=O) groups is 1. The van der Waals surface area contributed by atoms with Crippen molar-refractivity contribution in [3.63, 3.8) is 0 Å². The van der Waals surface area contributed by atoms with Gasteiger partial charge < -0.3 is 19.9 Å². The van der Waals surface area contributed by atoms with Crippen molar-refractivity contribution in [2.24, 2.45) is 0 Å². The standard InChI is InChI=1S/C16H19NO4/c1-2-16(10-18,11-19)17-15(20)14-13(8-9-21-14)12-6-4-3-5-7-12/h3-9,18-19H,2,10-11H2,1H3,(H,17,20). The van der Waals surface area contributed by atoms with Crippen LogP contribution < -0.4 is 5.32 Å². The number of rotatable bonds is 6. The van der Waals surface area contributed by atoms with Crippen molar-refractivity contribution in [3.8, 4) is 11.1 Å². The van der Waals surface area contributed by atoms with Crippen molar-refractivity contribution in [1.29, 1.82) is 0 Å². The zero-order valence-corrected chi connectivity index (χ0v) is 11.9. The highest BCUT2D eigenvalue weighted by Crippen LogP contribution is 2.25. The van der Waals surface area contributed by atoms with E-state index in [1.165, 1.54) is 6.26 Å². The number of benzene rings is 1. The van der Waals surface area contributed by atoms with Gasteiger partial charge in [0.25, 0.3) is 5.91 Å². The number of aliphatic hydroxyl groups is 2. The molecule has 0 bridgehead atoms. The number of furan rings is 1. The van der Waals surface area contributed by atoms with Gasteiger partial charge in [0, 0.05) is 5.56 Å². The Labute approximate surface area is 123 Å². The van der Waals surface area contributed by atoms with Crippen LogP contribution in [-0.4, -0.2) is 34.9 Å². The molecule has 112 valence electrons. The first-order valence-electron chi connectivity index (χ1n) is 6.83. The van der Waals surface area contributed by atoms with E-state index in [1.54, 1.807) is 13.0 Å². The minimum absolute atomic E-state index is 0.168. The summed E-state index contributed by atoms with van der Waals surface area (Å²) in [6.07, 6.45) is 1.86. The number of nitrogens with one attached hydrogen (secondary N) is 1. The second-order valence-corrected chi connectivity index (χ2v) is 4.93. The van der Waals surface area contributed by atoms with Crippen LogP contribution >= 0.6 is 0 Å². The van der Waals surface area contributed by atoms with E-state index in [4.69, 9.17) is 4.42 Å². The molecule has 1 aromatic carbocycles. The van der Waals surface area contributed by atoms with Crippen LogP contribution in [0, 0.1) is 0 Å². The molecule has 1 amide bonds. The topological polar surface area (TPSA) is 82.7 Å². The van der Waals surface area contributed by atoms with Crippen LogP contribution in [0.2, 0.25) is 0 Å². The van der Waals surface area contributed by atoms with Crippen LogP contribution in [0.4, 0.5) is 0 Å². The lowest BCUT2D eigenvalue weighted by Gasteiger charge is -2.29. The Morgan fingerprint density at radius 2 is 1.86 bits per heavy atom. The largest absolute Gasteiger partial charge is 0.459 e. The summed E-state index contributed by atoms with van der Waals surface area (Å²) in [6, 6.07) is 11.1. The van der Waals surface area contributed by atoms with Gasteiger partial charge >= 0.3 is 0 Å². The minimum atomic E-state index is -1.04. The molecular formula is C16H19NO4. The van der Waals surface area contributed by atoms with Crippen LogP contribution in [0.3, 0.4) is 0 Å². The van der Waals surface area contributed by atoms with Crippen molar-refractivity contribution in [1.82, 2.24) is 5.32 Å². The molecule has 0 aliphatic rings. The van der Waals surface area contributed by atoms with Crippen LogP contribution in [0.15, 0.2) is 47.1 Å². The van der Waals surface area contributed by atoms with Crippen LogP contribution in [0.1, 0.15) is 23.9 Å². The molecule has 0 atom stereocenters. The summed E-state index contributed by atoms with van der Waals surface area (Å²) in [6.45, 7) is 1.10. The smallest absolute Gasteiger partial charge is 0.288 e. The van der Waals surface area contributed by atoms with E-state index < -0.39 is 11.4 Å². The Kier molecular flexibility index (Phi) is 4.77. The Balaban J connectivity index is 2.28. The summed E-state index contributed by atoms with van der Waals surface area (Å²) in [4.78, 5) is 12.4. The van der Waals surface area contributed by atoms with Crippen molar-refractivity contribution in [2.75, 3.05) is 13.2 Å². The van der Waals surface area contributed by atoms with E-state index in [0.29, 0.717) is 12.0 Å². The van der Waals surface area contributed by atoms with Gasteiger partial charge in [0.05, 0.1) is 25.0 Å². The van der Waals surface area contributed by atoms with Gasteiger partial charge in [0.1, 0.15) is 0 Å². The fourth-order valence-electron chi connectivity index (χ4n) is 2.07. The Bertz CT molecular complexity index is 579. The molecule has 0 spiro atoms. The normalized spacial score (nSPS) is 11.4. The third-order valence-corrected chi connectivity index (χ3v) is 3.62. The molecule has 0 fully saturated rings. The lowest BCUT2D eigenvalue weighted by Crippen LogP contribution is -2.53. The minimum Gasteiger partial charge on any atom is -0.459 e. The van der Waals surface area contributed by atoms with E-state index >= 15 is 0 Å². The van der Waals surface area contributed by atoms with Crippen molar-refractivity contribution < 1.29 is 19.4 Å². The molecule has 0 saturated heterocycles. The Morgan fingerprint density at radius 1 is 1.19 bits per heavy atom. The summed E-state index contributed by atoms with van der Waals surface area (Å²) in [7, 11) is 0. The predicted molar refractivity (Wildman–Crippen MR) is 78.8 cm³/mol. The number of hydrogen-bond acceptors (Lipinski definition) is 4. The molecule has 2 aromatic rings. The maximum absolute atomic E-state index is 12.4. The predicted octanol–water partition coefficient (Wildman–Crippen LogP) is 1.81. The van der Waals surface area contributed by atoms with Gasteiger partial charge in [-0.1, -0.05) is 37.3 Å². The Hall–Kier alpha value is -2.11. The summed E-state index contributed by atoms with van der Waals surface area (Å²) >= 11 is 0. The number of carbonyl (C=O) groups excluding carboxylic acids is 1. The first-order chi connectivity index (χ1) is 10.2. The van der Waals surface area contributed by atoms with Gasteiger partial charge in [0.2, 0.25) is 0 Å². The molecule has 3 N–H and O–H groups in total. The zero-order valence-electron chi connectivity index (χ0n) is 11.9. The molecule has 0 saturated carbocycles. The summed E-state index contributed by atoms with van der Waals surface area (Å²) in [5.74, 6) is -0.287. The molecule has 2 rings (SSSR count). The molecular weight excluding hydrogens is 270 g/mol. The monoisotopic (exact) mass is 289 g/mol. The molecule has 1 aromatic heterocycles. The average molecular weight is 289 g/mol. The van der Waals surface area contributed by atoms with Crippen molar-refractivity contribution in [2.45, 2.75) is 18.9 Å². The maximum Gasteiger partial charge on any atom is 0.288 e. The highest BCUT2D eigenvalue weighted by Gasteiger charge is 2.30. The van der Waals surface area contributed by atoms with Gasteiger partial charge in [0.15, 0.2) is 5.76 Å². The highest BCUT2D eigenvalue weighted by atomic mass is 16.3. The molecule has 0 aliphatic carbocycles. The van der Waals surface area contributed by atoms with E-state index in [-0.39, 0.29) is 19.0 Å². The van der Waals surface area contributed by atoms with Crippen LogP contribution in [0.25, 0.3) is 11.1 Å². The SMILES string of the molecule is CCC(CO)(CO)NC(=O)c1occc1-c1ccccc1. The van der Waals surface area contributed by atoms with Crippen molar-refractivity contribution in [3.05, 3.63) is 48.4 Å².